The molecule has 0 aliphatic heterocycles. The molecule has 18 heavy (non-hydrogen) atoms. The van der Waals surface area contributed by atoms with Crippen molar-refractivity contribution in [2.45, 2.75) is 25.7 Å². The average molecular weight is 366 g/mol. The highest BCUT2D eigenvalue weighted by atomic mass is 127. The molecule has 4 nitrogen and oxygen atoms in total. The number of rotatable bonds is 3. The second-order valence-electron chi connectivity index (χ2n) is 5.27. The van der Waals surface area contributed by atoms with Crippen LogP contribution in [-0.2, 0) is 19.1 Å². The van der Waals surface area contributed by atoms with Gasteiger partial charge in [-0.15, -0.1) is 0 Å². The molecule has 2 aliphatic rings. The summed E-state index contributed by atoms with van der Waals surface area (Å²) < 4.78 is 10.8. The fourth-order valence-electron chi connectivity index (χ4n) is 3.97. The molecule has 5 heteroatoms. The first-order valence-corrected chi connectivity index (χ1v) is 7.87. The molecule has 3 atom stereocenters. The molecule has 0 saturated heterocycles. The van der Waals surface area contributed by atoms with E-state index in [2.05, 4.69) is 22.6 Å². The summed E-state index contributed by atoms with van der Waals surface area (Å²) in [5, 5.41) is 0. The lowest BCUT2D eigenvalue weighted by molar-refractivity contribution is -0.172. The topological polar surface area (TPSA) is 52.6 Å². The van der Waals surface area contributed by atoms with Crippen LogP contribution in [0.15, 0.2) is 0 Å². The Kier molecular flexibility index (Phi) is 4.18. The molecule has 0 N–H and O–H groups in total. The fraction of sp³-hybridized carbons (Fsp3) is 0.846. The number of hydrogen-bond acceptors (Lipinski definition) is 4. The first kappa shape index (κ1) is 14.1. The molecular formula is C13H19IO4. The highest BCUT2D eigenvalue weighted by Gasteiger charge is 2.64. The van der Waals surface area contributed by atoms with Crippen molar-refractivity contribution >= 4 is 34.5 Å². The van der Waals surface area contributed by atoms with Gasteiger partial charge in [0.25, 0.3) is 0 Å². The minimum atomic E-state index is -1.04. The number of fused-ring (bicyclic) bond motifs is 1. The van der Waals surface area contributed by atoms with E-state index in [9.17, 15) is 9.59 Å². The maximum absolute atomic E-state index is 12.2. The van der Waals surface area contributed by atoms with E-state index in [1.54, 1.807) is 0 Å². The van der Waals surface area contributed by atoms with Crippen LogP contribution in [0.1, 0.15) is 25.7 Å². The summed E-state index contributed by atoms with van der Waals surface area (Å²) in [5.41, 5.74) is -1.04. The quantitative estimate of drug-likeness (QED) is 0.333. The largest absolute Gasteiger partial charge is 0.468 e. The van der Waals surface area contributed by atoms with E-state index in [0.29, 0.717) is 18.3 Å². The van der Waals surface area contributed by atoms with Crippen molar-refractivity contribution < 1.29 is 19.1 Å². The summed E-state index contributed by atoms with van der Waals surface area (Å²) in [7, 11) is 2.71. The van der Waals surface area contributed by atoms with E-state index in [-0.39, 0.29) is 5.92 Å². The fourth-order valence-corrected chi connectivity index (χ4v) is 4.93. The molecule has 2 aliphatic carbocycles. The van der Waals surface area contributed by atoms with Crippen LogP contribution < -0.4 is 0 Å². The van der Waals surface area contributed by atoms with Gasteiger partial charge in [-0.05, 0) is 37.0 Å². The maximum Gasteiger partial charge on any atom is 0.323 e. The Morgan fingerprint density at radius 1 is 1.22 bits per heavy atom. The highest BCUT2D eigenvalue weighted by molar-refractivity contribution is 14.1. The third kappa shape index (κ3) is 1.85. The molecule has 0 spiro atoms. The lowest BCUT2D eigenvalue weighted by Gasteiger charge is -2.29. The van der Waals surface area contributed by atoms with Crippen molar-refractivity contribution in [2.75, 3.05) is 18.6 Å². The number of methoxy groups -OCH3 is 2. The number of carbonyl (C=O) groups excluding carboxylic acids is 2. The predicted molar refractivity (Wildman–Crippen MR) is 74.3 cm³/mol. The molecule has 102 valence electrons. The van der Waals surface area contributed by atoms with Gasteiger partial charge >= 0.3 is 11.9 Å². The Morgan fingerprint density at radius 2 is 1.83 bits per heavy atom. The first-order chi connectivity index (χ1) is 8.61. The Morgan fingerprint density at radius 3 is 2.33 bits per heavy atom. The van der Waals surface area contributed by atoms with E-state index >= 15 is 0 Å². The van der Waals surface area contributed by atoms with Gasteiger partial charge in [0.2, 0.25) is 0 Å². The zero-order valence-electron chi connectivity index (χ0n) is 10.8. The van der Waals surface area contributed by atoms with E-state index in [1.807, 2.05) is 0 Å². The maximum atomic E-state index is 12.2. The second kappa shape index (κ2) is 5.35. The van der Waals surface area contributed by atoms with Gasteiger partial charge in [0.15, 0.2) is 5.41 Å². The molecule has 3 unspecified atom stereocenters. The molecule has 2 saturated carbocycles. The summed E-state index contributed by atoms with van der Waals surface area (Å²) >= 11 is 2.35. The lowest BCUT2D eigenvalue weighted by Crippen LogP contribution is -2.44. The predicted octanol–water partition coefficient (Wildman–Crippen LogP) is 2.19. The summed E-state index contributed by atoms with van der Waals surface area (Å²) in [6.45, 7) is 0. The van der Waals surface area contributed by atoms with Gasteiger partial charge in [0.1, 0.15) is 0 Å². The third-order valence-electron chi connectivity index (χ3n) is 4.69. The number of ether oxygens (including phenoxy) is 2. The van der Waals surface area contributed by atoms with Crippen molar-refractivity contribution in [3.63, 3.8) is 0 Å². The van der Waals surface area contributed by atoms with Crippen LogP contribution >= 0.6 is 22.6 Å². The van der Waals surface area contributed by atoms with Gasteiger partial charge in [-0.2, -0.15) is 0 Å². The van der Waals surface area contributed by atoms with Crippen LogP contribution in [0.4, 0.5) is 0 Å². The smallest absolute Gasteiger partial charge is 0.323 e. The Bertz CT molecular complexity index is 339. The van der Waals surface area contributed by atoms with Crippen molar-refractivity contribution in [1.29, 1.82) is 0 Å². The Labute approximate surface area is 121 Å². The average Bonchev–Trinajstić information content (AvgIpc) is 2.97. The summed E-state index contributed by atoms with van der Waals surface area (Å²) in [6.07, 6.45) is 3.74. The molecule has 0 amide bonds. The monoisotopic (exact) mass is 366 g/mol. The number of carbonyl (C=O) groups is 2. The molecule has 2 fully saturated rings. The Hall–Kier alpha value is -0.330. The van der Waals surface area contributed by atoms with Crippen molar-refractivity contribution in [3.8, 4) is 0 Å². The van der Waals surface area contributed by atoms with Crippen LogP contribution in [0.3, 0.4) is 0 Å². The minimum Gasteiger partial charge on any atom is -0.468 e. The van der Waals surface area contributed by atoms with Crippen LogP contribution in [0.5, 0.6) is 0 Å². The van der Waals surface area contributed by atoms with Gasteiger partial charge < -0.3 is 9.47 Å². The molecule has 0 aromatic heterocycles. The van der Waals surface area contributed by atoms with Crippen LogP contribution in [0, 0.1) is 23.2 Å². The highest BCUT2D eigenvalue weighted by Crippen LogP contribution is 2.59. The summed E-state index contributed by atoms with van der Waals surface area (Å²) in [5.74, 6) is 0.200. The van der Waals surface area contributed by atoms with E-state index in [0.717, 1.165) is 23.7 Å². The number of hydrogen-bond donors (Lipinski definition) is 0. The van der Waals surface area contributed by atoms with E-state index in [4.69, 9.17) is 9.47 Å². The normalized spacial score (nSPS) is 32.9. The minimum absolute atomic E-state index is 0.108. The zero-order chi connectivity index (χ0) is 13.3. The van der Waals surface area contributed by atoms with E-state index in [1.165, 1.54) is 14.2 Å². The number of alkyl halides is 1. The molecule has 2 rings (SSSR count). The zero-order valence-corrected chi connectivity index (χ0v) is 12.9. The number of halogens is 1. The van der Waals surface area contributed by atoms with Crippen LogP contribution in [0.25, 0.3) is 0 Å². The van der Waals surface area contributed by atoms with Gasteiger partial charge in [0, 0.05) is 4.43 Å². The first-order valence-electron chi connectivity index (χ1n) is 6.34. The van der Waals surface area contributed by atoms with E-state index < -0.39 is 17.4 Å². The molecular weight excluding hydrogens is 347 g/mol. The Balaban J connectivity index is 2.40. The van der Waals surface area contributed by atoms with Crippen LogP contribution in [-0.4, -0.2) is 30.6 Å². The van der Waals surface area contributed by atoms with Gasteiger partial charge in [0.05, 0.1) is 14.2 Å². The summed E-state index contributed by atoms with van der Waals surface area (Å²) in [4.78, 5) is 24.4. The molecule has 0 bridgehead atoms. The number of esters is 2. The van der Waals surface area contributed by atoms with Gasteiger partial charge in [-0.3, -0.25) is 9.59 Å². The SMILES string of the molecule is COC(=O)C1(C(=O)OC)CC(CI)C2CCCC21. The van der Waals surface area contributed by atoms with Crippen molar-refractivity contribution in [1.82, 2.24) is 0 Å². The van der Waals surface area contributed by atoms with Crippen molar-refractivity contribution in [3.05, 3.63) is 0 Å². The molecule has 0 heterocycles. The second-order valence-corrected chi connectivity index (χ2v) is 6.16. The molecule has 0 radical (unpaired) electrons. The molecule has 0 aromatic carbocycles. The lowest BCUT2D eigenvalue weighted by atomic mass is 9.76. The van der Waals surface area contributed by atoms with Gasteiger partial charge in [-0.1, -0.05) is 29.0 Å². The summed E-state index contributed by atoms with van der Waals surface area (Å²) in [6, 6.07) is 0. The van der Waals surface area contributed by atoms with Crippen LogP contribution in [0.2, 0.25) is 0 Å². The third-order valence-corrected chi connectivity index (χ3v) is 5.82. The molecule has 0 aromatic rings. The standard InChI is InChI=1S/C13H19IO4/c1-17-11(15)13(12(16)18-2)6-8(7-14)9-4-3-5-10(9)13/h8-10H,3-7H2,1-2H3. The van der Waals surface area contributed by atoms with Gasteiger partial charge in [-0.25, -0.2) is 0 Å². The van der Waals surface area contributed by atoms with Crippen molar-refractivity contribution in [2.24, 2.45) is 23.2 Å².